The topological polar surface area (TPSA) is 58.4 Å². The Labute approximate surface area is 109 Å². The van der Waals surface area contributed by atoms with E-state index in [1.165, 1.54) is 0 Å². The lowest BCUT2D eigenvalue weighted by atomic mass is 10.2. The van der Waals surface area contributed by atoms with E-state index in [1.807, 2.05) is 4.90 Å². The molecule has 1 aliphatic rings. The van der Waals surface area contributed by atoms with E-state index in [9.17, 15) is 4.79 Å². The first-order chi connectivity index (χ1) is 8.18. The lowest BCUT2D eigenvalue weighted by molar-refractivity contribution is 0.0766. The van der Waals surface area contributed by atoms with Gasteiger partial charge in [-0.25, -0.2) is 0 Å². The van der Waals surface area contributed by atoms with Crippen LogP contribution in [0.15, 0.2) is 22.7 Å². The van der Waals surface area contributed by atoms with E-state index >= 15 is 0 Å². The molecule has 4 nitrogen and oxygen atoms in total. The van der Waals surface area contributed by atoms with Gasteiger partial charge in [0.1, 0.15) is 0 Å². The number of rotatable bonds is 1. The molecule has 1 aliphatic heterocycles. The Hall–Kier alpha value is -1.07. The van der Waals surface area contributed by atoms with Crippen LogP contribution in [-0.4, -0.2) is 37.0 Å². The van der Waals surface area contributed by atoms with Crippen LogP contribution in [0.2, 0.25) is 0 Å². The van der Waals surface area contributed by atoms with Gasteiger partial charge in [0.05, 0.1) is 0 Å². The third-order valence-electron chi connectivity index (χ3n) is 2.87. The average molecular weight is 298 g/mol. The quantitative estimate of drug-likeness (QED) is 0.772. The van der Waals surface area contributed by atoms with Crippen LogP contribution in [0, 0.1) is 0 Å². The van der Waals surface area contributed by atoms with Crippen LogP contribution in [0.1, 0.15) is 16.8 Å². The fourth-order valence-corrected chi connectivity index (χ4v) is 2.27. The molecule has 0 aromatic heterocycles. The van der Waals surface area contributed by atoms with Crippen molar-refractivity contribution in [2.24, 2.45) is 0 Å². The smallest absolute Gasteiger partial charge is 0.253 e. The minimum absolute atomic E-state index is 0.0781. The molecule has 2 rings (SSSR count). The molecule has 0 radical (unpaired) electrons. The van der Waals surface area contributed by atoms with Crippen molar-refractivity contribution < 1.29 is 4.79 Å². The number of halogens is 1. The molecule has 3 N–H and O–H groups in total. The van der Waals surface area contributed by atoms with E-state index in [-0.39, 0.29) is 5.91 Å². The number of nitrogen functional groups attached to an aromatic ring is 1. The number of carbonyl (C=O) groups is 1. The van der Waals surface area contributed by atoms with Gasteiger partial charge in [0.25, 0.3) is 5.91 Å². The molecule has 0 atom stereocenters. The van der Waals surface area contributed by atoms with Crippen molar-refractivity contribution in [3.05, 3.63) is 28.2 Å². The van der Waals surface area contributed by atoms with Gasteiger partial charge in [-0.2, -0.15) is 0 Å². The van der Waals surface area contributed by atoms with Gasteiger partial charge in [-0.15, -0.1) is 0 Å². The van der Waals surface area contributed by atoms with Gasteiger partial charge in [-0.3, -0.25) is 4.79 Å². The van der Waals surface area contributed by atoms with Gasteiger partial charge in [0.15, 0.2) is 0 Å². The van der Waals surface area contributed by atoms with Crippen molar-refractivity contribution in [2.75, 3.05) is 31.9 Å². The highest BCUT2D eigenvalue weighted by Gasteiger charge is 2.17. The summed E-state index contributed by atoms with van der Waals surface area (Å²) in [4.78, 5) is 14.1. The normalized spacial score (nSPS) is 16.6. The molecule has 0 bridgehead atoms. The Morgan fingerprint density at radius 2 is 2.18 bits per heavy atom. The number of amides is 1. The van der Waals surface area contributed by atoms with Crippen LogP contribution < -0.4 is 11.1 Å². The zero-order chi connectivity index (χ0) is 12.3. The number of benzene rings is 1. The molecule has 1 fully saturated rings. The van der Waals surface area contributed by atoms with Crippen LogP contribution in [0.3, 0.4) is 0 Å². The fourth-order valence-electron chi connectivity index (χ4n) is 1.89. The van der Waals surface area contributed by atoms with Crippen LogP contribution in [0.25, 0.3) is 0 Å². The summed E-state index contributed by atoms with van der Waals surface area (Å²) >= 11 is 3.35. The van der Waals surface area contributed by atoms with Gasteiger partial charge in [0, 0.05) is 35.4 Å². The first-order valence-corrected chi connectivity index (χ1v) is 6.53. The van der Waals surface area contributed by atoms with Gasteiger partial charge in [-0.1, -0.05) is 0 Å². The minimum Gasteiger partial charge on any atom is -0.398 e. The van der Waals surface area contributed by atoms with E-state index in [0.717, 1.165) is 37.1 Å². The molecule has 1 aromatic carbocycles. The lowest BCUT2D eigenvalue weighted by Gasteiger charge is -2.20. The second kappa shape index (κ2) is 5.51. The number of nitrogens with one attached hydrogen (secondary N) is 1. The van der Waals surface area contributed by atoms with Crippen LogP contribution >= 0.6 is 15.9 Å². The van der Waals surface area contributed by atoms with Gasteiger partial charge < -0.3 is 16.0 Å². The molecule has 0 aliphatic carbocycles. The van der Waals surface area contributed by atoms with Crippen molar-refractivity contribution in [3.8, 4) is 0 Å². The molecule has 0 spiro atoms. The summed E-state index contributed by atoms with van der Waals surface area (Å²) in [5, 5.41) is 3.28. The van der Waals surface area contributed by atoms with Crippen LogP contribution in [-0.2, 0) is 0 Å². The Balaban J connectivity index is 2.14. The predicted octanol–water partition coefficient (Wildman–Crippen LogP) is 1.47. The molecule has 0 unspecified atom stereocenters. The molecule has 1 amide bonds. The molecule has 0 saturated carbocycles. The average Bonchev–Trinajstić information content (AvgIpc) is 2.60. The standard InChI is InChI=1S/C12H16BrN3O/c13-10-8-9(2-3-11(10)14)12(17)16-6-1-4-15-5-7-16/h2-3,8,15H,1,4-7,14H2. The van der Waals surface area contributed by atoms with Crippen molar-refractivity contribution >= 4 is 27.5 Å². The maximum atomic E-state index is 12.3. The largest absolute Gasteiger partial charge is 0.398 e. The Morgan fingerprint density at radius 1 is 1.35 bits per heavy atom. The molecule has 1 heterocycles. The predicted molar refractivity (Wildman–Crippen MR) is 71.9 cm³/mol. The molecule has 1 saturated heterocycles. The molecule has 17 heavy (non-hydrogen) atoms. The summed E-state index contributed by atoms with van der Waals surface area (Å²) in [6.07, 6.45) is 1.00. The molecular weight excluding hydrogens is 282 g/mol. The van der Waals surface area contributed by atoms with E-state index in [2.05, 4.69) is 21.2 Å². The molecule has 92 valence electrons. The van der Waals surface area contributed by atoms with E-state index < -0.39 is 0 Å². The number of hydrogen-bond acceptors (Lipinski definition) is 3. The number of hydrogen-bond donors (Lipinski definition) is 2. The third-order valence-corrected chi connectivity index (χ3v) is 3.56. The maximum absolute atomic E-state index is 12.3. The lowest BCUT2D eigenvalue weighted by Crippen LogP contribution is -2.34. The highest BCUT2D eigenvalue weighted by atomic mass is 79.9. The van der Waals surface area contributed by atoms with Crippen molar-refractivity contribution in [3.63, 3.8) is 0 Å². The number of anilines is 1. The zero-order valence-corrected chi connectivity index (χ0v) is 11.2. The molecule has 1 aromatic rings. The summed E-state index contributed by atoms with van der Waals surface area (Å²) in [7, 11) is 0. The SMILES string of the molecule is Nc1ccc(C(=O)N2CCCNCC2)cc1Br. The number of nitrogens with two attached hydrogens (primary N) is 1. The minimum atomic E-state index is 0.0781. The van der Waals surface area contributed by atoms with Crippen molar-refractivity contribution in [1.82, 2.24) is 10.2 Å². The number of nitrogens with zero attached hydrogens (tertiary/aromatic N) is 1. The maximum Gasteiger partial charge on any atom is 0.253 e. The summed E-state index contributed by atoms with van der Waals surface area (Å²) in [6.45, 7) is 3.42. The monoisotopic (exact) mass is 297 g/mol. The van der Waals surface area contributed by atoms with Crippen molar-refractivity contribution in [1.29, 1.82) is 0 Å². The van der Waals surface area contributed by atoms with E-state index in [1.54, 1.807) is 18.2 Å². The molecule has 5 heteroatoms. The summed E-state index contributed by atoms with van der Waals surface area (Å²) in [5.74, 6) is 0.0781. The zero-order valence-electron chi connectivity index (χ0n) is 9.58. The fraction of sp³-hybridized carbons (Fsp3) is 0.417. The second-order valence-corrected chi connectivity index (χ2v) is 4.99. The van der Waals surface area contributed by atoms with Gasteiger partial charge >= 0.3 is 0 Å². The summed E-state index contributed by atoms with van der Waals surface area (Å²) < 4.78 is 0.774. The highest BCUT2D eigenvalue weighted by molar-refractivity contribution is 9.10. The molecular formula is C12H16BrN3O. The Bertz CT molecular complexity index is 414. The van der Waals surface area contributed by atoms with Gasteiger partial charge in [-0.05, 0) is 47.1 Å². The van der Waals surface area contributed by atoms with E-state index in [4.69, 9.17) is 5.73 Å². The Morgan fingerprint density at radius 3 is 2.94 bits per heavy atom. The third kappa shape index (κ3) is 2.98. The van der Waals surface area contributed by atoms with Crippen LogP contribution in [0.5, 0.6) is 0 Å². The van der Waals surface area contributed by atoms with Gasteiger partial charge in [0.2, 0.25) is 0 Å². The Kier molecular flexibility index (Phi) is 4.02. The summed E-state index contributed by atoms with van der Waals surface area (Å²) in [6, 6.07) is 5.32. The first kappa shape index (κ1) is 12.4. The van der Waals surface area contributed by atoms with Crippen LogP contribution in [0.4, 0.5) is 5.69 Å². The first-order valence-electron chi connectivity index (χ1n) is 5.73. The highest BCUT2D eigenvalue weighted by Crippen LogP contribution is 2.21. The summed E-state index contributed by atoms with van der Waals surface area (Å²) in [5.41, 5.74) is 7.05. The van der Waals surface area contributed by atoms with Crippen molar-refractivity contribution in [2.45, 2.75) is 6.42 Å². The second-order valence-electron chi connectivity index (χ2n) is 4.13. The van der Waals surface area contributed by atoms with E-state index in [0.29, 0.717) is 11.3 Å². The number of carbonyl (C=O) groups excluding carboxylic acids is 1.